The lowest BCUT2D eigenvalue weighted by Gasteiger charge is -2.52. The fourth-order valence-electron chi connectivity index (χ4n) is 0.949. The maximum absolute atomic E-state index is 8.16. The minimum atomic E-state index is -2.97. The van der Waals surface area contributed by atoms with Gasteiger partial charge < -0.3 is 0 Å². The average molecular weight is 163 g/mol. The van der Waals surface area contributed by atoms with Crippen LogP contribution < -0.4 is 0 Å². The van der Waals surface area contributed by atoms with Crippen LogP contribution in [0.5, 0.6) is 0 Å². The number of rotatable bonds is 0. The van der Waals surface area contributed by atoms with Crippen LogP contribution in [-0.2, 0) is 0 Å². The van der Waals surface area contributed by atoms with Crippen molar-refractivity contribution in [1.82, 2.24) is 4.90 Å². The zero-order valence-corrected chi connectivity index (χ0v) is 6.95. The molecule has 0 atom stereocenters. The van der Waals surface area contributed by atoms with E-state index in [9.17, 15) is 0 Å². The molecule has 11 heavy (non-hydrogen) atoms. The van der Waals surface area contributed by atoms with Crippen molar-refractivity contribution in [3.05, 3.63) is 0 Å². The second kappa shape index (κ2) is 2.22. The molecule has 1 heteroatoms. The molecule has 3 fully saturated rings. The summed E-state index contributed by atoms with van der Waals surface area (Å²) in [6, 6.07) is 0. The molecule has 0 aromatic carbocycles. The minimum Gasteiger partial charge on any atom is -0.298 e. The van der Waals surface area contributed by atoms with Crippen molar-refractivity contribution in [2.45, 2.75) is 39.1 Å². The largest absolute Gasteiger partial charge is 0.298 e. The molecule has 0 amide bonds. The van der Waals surface area contributed by atoms with Gasteiger partial charge in [-0.1, -0.05) is 0 Å². The second-order valence-electron chi connectivity index (χ2n) is 3.73. The Balaban J connectivity index is 2.86. The van der Waals surface area contributed by atoms with Crippen LogP contribution in [0.3, 0.4) is 0 Å². The third-order valence-corrected chi connectivity index (χ3v) is 1.62. The quantitative estimate of drug-likeness (QED) is 0.529. The highest BCUT2D eigenvalue weighted by Crippen LogP contribution is 2.41. The topological polar surface area (TPSA) is 3.24 Å². The van der Waals surface area contributed by atoms with Gasteiger partial charge in [0.05, 0.1) is 0 Å². The van der Waals surface area contributed by atoms with Gasteiger partial charge in [-0.25, -0.2) is 0 Å². The molecule has 2 aliphatic heterocycles. The summed E-state index contributed by atoms with van der Waals surface area (Å²) in [7, 11) is 0. The van der Waals surface area contributed by atoms with Crippen molar-refractivity contribution in [3.8, 4) is 0 Å². The van der Waals surface area contributed by atoms with Crippen LogP contribution in [0.2, 0.25) is 0 Å². The molecule has 0 spiro atoms. The van der Waals surface area contributed by atoms with Crippen molar-refractivity contribution in [2.75, 3.05) is 13.0 Å². The van der Waals surface area contributed by atoms with E-state index in [2.05, 4.69) is 0 Å². The lowest BCUT2D eigenvalue weighted by molar-refractivity contribution is -0.0225. The SMILES string of the molecule is [2H]C1([2H])N(C(C)(C)C)C([2H])([2H])C2([2H])C([2H])([2H])C1([2H])C2([2H])[2H]. The molecule has 3 aliphatic rings. The molecule has 0 N–H and O–H groups in total. The van der Waals surface area contributed by atoms with E-state index in [1.165, 1.54) is 20.8 Å². The number of fused-ring (bicyclic) bond motifs is 2. The minimum absolute atomic E-state index is 0.635. The van der Waals surface area contributed by atoms with Crippen LogP contribution in [-0.4, -0.2) is 23.4 Å². The maximum Gasteiger partial charge on any atom is 0.0434 e. The molecule has 2 saturated heterocycles. The van der Waals surface area contributed by atoms with E-state index in [0.29, 0.717) is 4.90 Å². The number of hydrogen-bond acceptors (Lipinski definition) is 1. The third kappa shape index (κ3) is 1.31. The van der Waals surface area contributed by atoms with E-state index in [0.717, 1.165) is 0 Å². The van der Waals surface area contributed by atoms with Crippen molar-refractivity contribution >= 4 is 0 Å². The van der Waals surface area contributed by atoms with Gasteiger partial charge in [-0.2, -0.15) is 0 Å². The Labute approximate surface area is 83.8 Å². The van der Waals surface area contributed by atoms with E-state index in [1.807, 2.05) is 0 Å². The maximum atomic E-state index is 8.16. The standard InChI is InChI=1S/C10H19N/c1-10(2,3)11-6-8-4-9(5-8)7-11/h8-9H,4-7H2,1-3H3/i4D2,5D2,6D2,7D2,8D,9D. The van der Waals surface area contributed by atoms with Crippen LogP contribution in [0.15, 0.2) is 0 Å². The van der Waals surface area contributed by atoms with Gasteiger partial charge in [0.25, 0.3) is 0 Å². The van der Waals surface area contributed by atoms with E-state index in [1.54, 1.807) is 0 Å². The molecule has 64 valence electrons. The molecule has 0 radical (unpaired) electrons. The Bertz CT molecular complexity index is 441. The van der Waals surface area contributed by atoms with Gasteiger partial charge in [0.2, 0.25) is 0 Å². The Hall–Kier alpha value is -0.0400. The van der Waals surface area contributed by atoms with Crippen molar-refractivity contribution < 1.29 is 13.7 Å². The normalized spacial score (nSPS) is 83.5. The second-order valence-corrected chi connectivity index (χ2v) is 3.73. The smallest absolute Gasteiger partial charge is 0.0434 e. The fourth-order valence-corrected chi connectivity index (χ4v) is 0.949. The molecule has 1 saturated carbocycles. The number of nitrogens with zero attached hydrogens (tertiary/aromatic N) is 1. The predicted molar refractivity (Wildman–Crippen MR) is 47.5 cm³/mol. The molecule has 0 aromatic heterocycles. The first-order valence-electron chi connectivity index (χ1n) is 8.67. The van der Waals surface area contributed by atoms with Gasteiger partial charge in [-0.05, 0) is 45.3 Å². The van der Waals surface area contributed by atoms with Crippen molar-refractivity contribution in [2.24, 2.45) is 11.8 Å². The summed E-state index contributed by atoms with van der Waals surface area (Å²) in [5.74, 6) is -5.79. The highest BCUT2D eigenvalue weighted by Gasteiger charge is 2.40. The molecular formula is C10H19N. The van der Waals surface area contributed by atoms with E-state index >= 15 is 0 Å². The van der Waals surface area contributed by atoms with Crippen molar-refractivity contribution in [1.29, 1.82) is 0 Å². The summed E-state index contributed by atoms with van der Waals surface area (Å²) in [6.07, 6.45) is -5.95. The third-order valence-electron chi connectivity index (χ3n) is 1.62. The van der Waals surface area contributed by atoms with Crippen LogP contribution in [0, 0.1) is 11.8 Å². The van der Waals surface area contributed by atoms with Crippen LogP contribution >= 0.6 is 0 Å². The molecule has 2 bridgehead atoms. The van der Waals surface area contributed by atoms with E-state index < -0.39 is 43.1 Å². The lowest BCUT2D eigenvalue weighted by atomic mass is 9.70. The summed E-state index contributed by atoms with van der Waals surface area (Å²) < 4.78 is 80.4. The van der Waals surface area contributed by atoms with Gasteiger partial charge >= 0.3 is 0 Å². The Morgan fingerprint density at radius 1 is 1.27 bits per heavy atom. The summed E-state index contributed by atoms with van der Waals surface area (Å²) in [5.41, 5.74) is -1.15. The summed E-state index contributed by atoms with van der Waals surface area (Å²) in [4.78, 5) is 0.635. The zero-order valence-electron chi connectivity index (χ0n) is 16.9. The van der Waals surface area contributed by atoms with Gasteiger partial charge in [-0.3, -0.25) is 4.90 Å². The molecule has 0 aromatic rings. The van der Waals surface area contributed by atoms with E-state index in [4.69, 9.17) is 13.7 Å². The molecule has 1 aliphatic carbocycles. The van der Waals surface area contributed by atoms with Crippen LogP contribution in [0.25, 0.3) is 0 Å². The Morgan fingerprint density at radius 3 is 2.09 bits per heavy atom. The van der Waals surface area contributed by atoms with E-state index in [-0.39, 0.29) is 0 Å². The van der Waals surface area contributed by atoms with Gasteiger partial charge in [0.1, 0.15) is 0 Å². The van der Waals surface area contributed by atoms with Crippen LogP contribution in [0.4, 0.5) is 0 Å². The Kier molecular flexibility index (Phi) is 0.456. The van der Waals surface area contributed by atoms with Crippen LogP contribution in [0.1, 0.15) is 47.2 Å². The number of piperidine rings is 2. The predicted octanol–water partition coefficient (Wildman–Crippen LogP) is 2.13. The highest BCUT2D eigenvalue weighted by molar-refractivity contribution is 4.93. The van der Waals surface area contributed by atoms with Gasteiger partial charge in [0.15, 0.2) is 0 Å². The summed E-state index contributed by atoms with van der Waals surface area (Å²) in [5, 5.41) is 0. The number of hydrogen-bond donors (Lipinski definition) is 0. The lowest BCUT2D eigenvalue weighted by Crippen LogP contribution is -2.55. The highest BCUT2D eigenvalue weighted by atomic mass is 15.2. The monoisotopic (exact) mass is 163 g/mol. The first kappa shape index (κ1) is 2.25. The molecule has 3 rings (SSSR count). The first-order valence-corrected chi connectivity index (χ1v) is 3.67. The summed E-state index contributed by atoms with van der Waals surface area (Å²) in [6.45, 7) is -1.38. The summed E-state index contributed by atoms with van der Waals surface area (Å²) >= 11 is 0. The fraction of sp³-hybridized carbons (Fsp3) is 1.00. The first-order chi connectivity index (χ1) is 8.87. The molecule has 0 unspecified atom stereocenters. The zero-order chi connectivity index (χ0) is 17.1. The average Bonchev–Trinajstić information content (AvgIpc) is 2.20. The van der Waals surface area contributed by atoms with Crippen molar-refractivity contribution in [3.63, 3.8) is 0 Å². The van der Waals surface area contributed by atoms with Gasteiger partial charge in [0, 0.05) is 32.2 Å². The molecular weight excluding hydrogens is 134 g/mol. The molecule has 2 heterocycles. The molecule has 1 nitrogen and oxygen atoms in total. The van der Waals surface area contributed by atoms with Gasteiger partial charge in [-0.15, -0.1) is 0 Å². The Morgan fingerprint density at radius 2 is 1.73 bits per heavy atom.